The fourth-order valence-electron chi connectivity index (χ4n) is 4.33. The summed E-state index contributed by atoms with van der Waals surface area (Å²) in [6, 6.07) is 8.08. The van der Waals surface area contributed by atoms with Crippen molar-refractivity contribution in [2.75, 3.05) is 0 Å². The normalized spacial score (nSPS) is 21.6. The number of amides is 1. The lowest BCUT2D eigenvalue weighted by Gasteiger charge is -2.36. The molecule has 1 saturated heterocycles. The van der Waals surface area contributed by atoms with Crippen LogP contribution >= 0.6 is 0 Å². The smallest absolute Gasteiger partial charge is 0.229 e. The van der Waals surface area contributed by atoms with Crippen LogP contribution in [0.1, 0.15) is 41.5 Å². The van der Waals surface area contributed by atoms with Crippen molar-refractivity contribution in [3.8, 4) is 0 Å². The molecule has 2 aliphatic heterocycles. The summed E-state index contributed by atoms with van der Waals surface area (Å²) in [5, 5.41) is 4.60. The average Bonchev–Trinajstić information content (AvgIpc) is 3.15. The third-order valence-corrected chi connectivity index (χ3v) is 5.37. The fraction of sp³-hybridized carbons (Fsp3) is 0.368. The molecule has 2 bridgehead atoms. The second-order valence-electron chi connectivity index (χ2n) is 6.97. The van der Waals surface area contributed by atoms with Gasteiger partial charge in [0.25, 0.3) is 0 Å². The Morgan fingerprint density at radius 1 is 1.28 bits per heavy atom. The number of fused-ring (bicyclic) bond motifs is 6. The Labute approximate surface area is 145 Å². The summed E-state index contributed by atoms with van der Waals surface area (Å²) in [6.45, 7) is 1.99. The van der Waals surface area contributed by atoms with Crippen LogP contribution in [0.2, 0.25) is 0 Å². The van der Waals surface area contributed by atoms with Gasteiger partial charge in [-0.1, -0.05) is 6.07 Å². The summed E-state index contributed by atoms with van der Waals surface area (Å²) in [5.74, 6) is 0.161. The lowest BCUT2D eigenvalue weighted by Crippen LogP contribution is -2.43. The van der Waals surface area contributed by atoms with E-state index in [0.29, 0.717) is 6.42 Å². The zero-order chi connectivity index (χ0) is 17.0. The molecule has 2 unspecified atom stereocenters. The van der Waals surface area contributed by atoms with Gasteiger partial charge in [-0.15, -0.1) is 0 Å². The van der Waals surface area contributed by atoms with Gasteiger partial charge in [0.05, 0.1) is 23.9 Å². The topological polar surface area (TPSA) is 63.4 Å². The highest BCUT2D eigenvalue weighted by molar-refractivity contribution is 5.80. The lowest BCUT2D eigenvalue weighted by molar-refractivity contribution is -0.134. The van der Waals surface area contributed by atoms with Crippen LogP contribution in [0.4, 0.5) is 0 Å². The van der Waals surface area contributed by atoms with E-state index in [1.165, 1.54) is 5.69 Å². The number of rotatable bonds is 2. The predicted octanol–water partition coefficient (Wildman–Crippen LogP) is 2.26. The van der Waals surface area contributed by atoms with Crippen molar-refractivity contribution in [2.24, 2.45) is 0 Å². The van der Waals surface area contributed by atoms with Crippen molar-refractivity contribution >= 4 is 11.6 Å². The van der Waals surface area contributed by atoms with Crippen LogP contribution in [0, 0.1) is 6.92 Å². The first-order valence-corrected chi connectivity index (χ1v) is 8.76. The molecule has 0 saturated carbocycles. The second kappa shape index (κ2) is 5.37. The van der Waals surface area contributed by atoms with E-state index < -0.39 is 0 Å². The molecule has 2 aliphatic rings. The van der Waals surface area contributed by atoms with Gasteiger partial charge in [-0.3, -0.25) is 9.78 Å². The van der Waals surface area contributed by atoms with Crippen LogP contribution in [0.3, 0.4) is 0 Å². The largest absolute Gasteiger partial charge is 0.332 e. The van der Waals surface area contributed by atoms with E-state index in [9.17, 15) is 4.79 Å². The number of aromatic nitrogens is 4. The summed E-state index contributed by atoms with van der Waals surface area (Å²) in [5.41, 5.74) is 5.06. The Morgan fingerprint density at radius 3 is 3.04 bits per heavy atom. The van der Waals surface area contributed by atoms with Gasteiger partial charge in [-0.05, 0) is 31.9 Å². The molecule has 25 heavy (non-hydrogen) atoms. The van der Waals surface area contributed by atoms with E-state index in [4.69, 9.17) is 0 Å². The maximum Gasteiger partial charge on any atom is 0.229 e. The Morgan fingerprint density at radius 2 is 2.20 bits per heavy atom. The highest BCUT2D eigenvalue weighted by Crippen LogP contribution is 2.43. The summed E-state index contributed by atoms with van der Waals surface area (Å²) in [4.78, 5) is 23.9. The molecule has 6 heteroatoms. The minimum Gasteiger partial charge on any atom is -0.332 e. The minimum atomic E-state index is 0.117. The number of aryl methyl sites for hydroxylation is 1. The molecule has 5 rings (SSSR count). The van der Waals surface area contributed by atoms with Gasteiger partial charge in [-0.25, -0.2) is 9.50 Å². The van der Waals surface area contributed by atoms with Crippen molar-refractivity contribution in [1.29, 1.82) is 0 Å². The van der Waals surface area contributed by atoms with Crippen molar-refractivity contribution in [3.63, 3.8) is 0 Å². The molecule has 3 aromatic rings. The fourth-order valence-corrected chi connectivity index (χ4v) is 4.33. The van der Waals surface area contributed by atoms with Crippen LogP contribution in [0.25, 0.3) is 5.65 Å². The summed E-state index contributed by atoms with van der Waals surface area (Å²) in [7, 11) is 0. The summed E-state index contributed by atoms with van der Waals surface area (Å²) < 4.78 is 1.97. The van der Waals surface area contributed by atoms with Crippen molar-refractivity contribution in [2.45, 2.75) is 44.7 Å². The van der Waals surface area contributed by atoms with Gasteiger partial charge in [0, 0.05) is 42.2 Å². The van der Waals surface area contributed by atoms with Crippen LogP contribution < -0.4 is 0 Å². The average molecular weight is 333 g/mol. The van der Waals surface area contributed by atoms with E-state index in [1.807, 2.05) is 41.9 Å². The molecular weight excluding hydrogens is 314 g/mol. The van der Waals surface area contributed by atoms with E-state index in [2.05, 4.69) is 20.0 Å². The Bertz CT molecular complexity index is 965. The maximum atomic E-state index is 12.9. The Kier molecular flexibility index (Phi) is 3.13. The van der Waals surface area contributed by atoms with Gasteiger partial charge < -0.3 is 4.90 Å². The Hall–Kier alpha value is -2.76. The standard InChI is InChI=1S/C19H19N5O/c1-12-8-18-21-11-15-16-6-5-14(10-17(15)24(18)22-12)23(16)19(25)9-13-4-2-3-7-20-13/h2-4,7-8,11,14,16H,5-6,9-10H2,1H3. The molecule has 1 amide bonds. The molecule has 0 aromatic carbocycles. The van der Waals surface area contributed by atoms with E-state index in [1.54, 1.807) is 6.20 Å². The SMILES string of the molecule is Cc1cc2ncc3c(n2n1)CC1CCC3N1C(=O)Cc1ccccn1. The highest BCUT2D eigenvalue weighted by Gasteiger charge is 2.43. The van der Waals surface area contributed by atoms with E-state index in [-0.39, 0.29) is 18.0 Å². The summed E-state index contributed by atoms with van der Waals surface area (Å²) >= 11 is 0. The minimum absolute atomic E-state index is 0.117. The molecule has 5 heterocycles. The number of carbonyl (C=O) groups excluding carboxylic acids is 1. The number of hydrogen-bond donors (Lipinski definition) is 0. The first-order chi connectivity index (χ1) is 12.2. The maximum absolute atomic E-state index is 12.9. The molecule has 3 aromatic heterocycles. The highest BCUT2D eigenvalue weighted by atomic mass is 16.2. The third kappa shape index (κ3) is 2.24. The van der Waals surface area contributed by atoms with Crippen LogP contribution in [-0.2, 0) is 17.6 Å². The Balaban J connectivity index is 1.51. The molecule has 126 valence electrons. The van der Waals surface area contributed by atoms with Crippen LogP contribution in [-0.4, -0.2) is 36.4 Å². The zero-order valence-electron chi connectivity index (χ0n) is 14.1. The van der Waals surface area contributed by atoms with Gasteiger partial charge in [-0.2, -0.15) is 5.10 Å². The molecule has 0 N–H and O–H groups in total. The molecule has 0 radical (unpaired) electrons. The first-order valence-electron chi connectivity index (χ1n) is 8.76. The van der Waals surface area contributed by atoms with Crippen molar-refractivity contribution in [1.82, 2.24) is 24.5 Å². The zero-order valence-corrected chi connectivity index (χ0v) is 14.1. The monoisotopic (exact) mass is 333 g/mol. The molecule has 0 aliphatic carbocycles. The lowest BCUT2D eigenvalue weighted by atomic mass is 9.98. The van der Waals surface area contributed by atoms with Crippen molar-refractivity contribution < 1.29 is 4.79 Å². The number of carbonyl (C=O) groups is 1. The van der Waals surface area contributed by atoms with Gasteiger partial charge >= 0.3 is 0 Å². The first kappa shape index (κ1) is 14.6. The quantitative estimate of drug-likeness (QED) is 0.722. The van der Waals surface area contributed by atoms with E-state index in [0.717, 1.165) is 41.9 Å². The van der Waals surface area contributed by atoms with Crippen LogP contribution in [0.15, 0.2) is 36.7 Å². The molecule has 1 fully saturated rings. The number of nitrogens with zero attached hydrogens (tertiary/aromatic N) is 5. The third-order valence-electron chi connectivity index (χ3n) is 5.37. The van der Waals surface area contributed by atoms with Gasteiger partial charge in [0.15, 0.2) is 5.65 Å². The van der Waals surface area contributed by atoms with Gasteiger partial charge in [0.2, 0.25) is 5.91 Å². The van der Waals surface area contributed by atoms with Crippen molar-refractivity contribution in [3.05, 3.63) is 59.3 Å². The molecule has 2 atom stereocenters. The molecule has 6 nitrogen and oxygen atoms in total. The van der Waals surface area contributed by atoms with E-state index >= 15 is 0 Å². The molecule has 0 spiro atoms. The number of hydrogen-bond acceptors (Lipinski definition) is 4. The molecular formula is C19H19N5O. The van der Waals surface area contributed by atoms with Crippen LogP contribution in [0.5, 0.6) is 0 Å². The van der Waals surface area contributed by atoms with Gasteiger partial charge in [0.1, 0.15) is 0 Å². The summed E-state index contributed by atoms with van der Waals surface area (Å²) in [6.07, 6.45) is 6.93. The predicted molar refractivity (Wildman–Crippen MR) is 92.0 cm³/mol. The second-order valence-corrected chi connectivity index (χ2v) is 6.97. The number of pyridine rings is 1.